The minimum absolute atomic E-state index is 0.0107. The van der Waals surface area contributed by atoms with E-state index in [1.807, 2.05) is 0 Å². The lowest BCUT2D eigenvalue weighted by Gasteiger charge is -2.10. The number of nitrogen functional groups attached to an aromatic ring is 1. The Bertz CT molecular complexity index is 760. The normalized spacial score (nSPS) is 11.9. The van der Waals surface area contributed by atoms with Crippen LogP contribution in [0.1, 0.15) is 0 Å². The van der Waals surface area contributed by atoms with Crippen molar-refractivity contribution in [3.05, 3.63) is 24.3 Å². The monoisotopic (exact) mass is 319 g/mol. The summed E-state index contributed by atoms with van der Waals surface area (Å²) in [5, 5.41) is 21.5. The molecule has 0 atom stereocenters. The van der Waals surface area contributed by atoms with Crippen LogP contribution in [0.3, 0.4) is 0 Å². The fourth-order valence-electron chi connectivity index (χ4n) is 1.76. The summed E-state index contributed by atoms with van der Waals surface area (Å²) in [6, 6.07) is 4.91. The van der Waals surface area contributed by atoms with E-state index in [2.05, 4.69) is 9.37 Å². The van der Waals surface area contributed by atoms with Gasteiger partial charge in [0.05, 0.1) is 12.0 Å². The van der Waals surface area contributed by atoms with Gasteiger partial charge in [0, 0.05) is 21.4 Å². The van der Waals surface area contributed by atoms with Crippen molar-refractivity contribution in [1.29, 1.82) is 0 Å². The molecule has 0 spiro atoms. The summed E-state index contributed by atoms with van der Waals surface area (Å²) >= 11 is 0.525. The van der Waals surface area contributed by atoms with Crippen molar-refractivity contribution in [3.8, 4) is 5.75 Å². The van der Waals surface area contributed by atoms with Gasteiger partial charge >= 0.3 is 0 Å². The van der Waals surface area contributed by atoms with Gasteiger partial charge in [0.2, 0.25) is 0 Å². The van der Waals surface area contributed by atoms with Crippen molar-refractivity contribution in [2.24, 2.45) is 0 Å². The lowest BCUT2D eigenvalue weighted by molar-refractivity contribution is -0.432. The summed E-state index contributed by atoms with van der Waals surface area (Å²) in [4.78, 5) is -0.191. The number of phenols is 1. The largest absolute Gasteiger partial charge is 0.507 e. The van der Waals surface area contributed by atoms with Crippen LogP contribution < -0.4 is 5.73 Å². The van der Waals surface area contributed by atoms with E-state index in [0.717, 1.165) is 6.07 Å². The van der Waals surface area contributed by atoms with E-state index in [1.165, 1.54) is 18.2 Å². The van der Waals surface area contributed by atoms with Crippen LogP contribution in [-0.2, 0) is 19.5 Å². The highest BCUT2D eigenvalue weighted by Gasteiger charge is 2.18. The first-order valence-electron chi connectivity index (χ1n) is 5.02. The molecule has 0 aromatic heterocycles. The fraction of sp³-hybridized carbons (Fsp3) is 0. The molecule has 2 rings (SSSR count). The van der Waals surface area contributed by atoms with E-state index in [-0.39, 0.29) is 27.1 Å². The molecule has 108 valence electrons. The van der Waals surface area contributed by atoms with Gasteiger partial charge in [-0.1, -0.05) is 5.04 Å². The van der Waals surface area contributed by atoms with Gasteiger partial charge < -0.3 is 10.8 Å². The van der Waals surface area contributed by atoms with E-state index >= 15 is 0 Å². The number of fused-ring (bicyclic) bond motifs is 1. The summed E-state index contributed by atoms with van der Waals surface area (Å²) in [6.07, 6.45) is 0. The molecular weight excluding hydrogens is 310 g/mol. The van der Waals surface area contributed by atoms with Crippen molar-refractivity contribution in [1.82, 2.24) is 0 Å². The van der Waals surface area contributed by atoms with Crippen LogP contribution in [0, 0.1) is 0 Å². The first-order chi connectivity index (χ1) is 9.34. The maximum absolute atomic E-state index is 11.3. The zero-order valence-corrected chi connectivity index (χ0v) is 11.3. The molecule has 5 N–H and O–H groups in total. The molecule has 0 amide bonds. The van der Waals surface area contributed by atoms with E-state index in [4.69, 9.17) is 11.0 Å². The third-order valence-corrected chi connectivity index (χ3v) is 3.97. The van der Waals surface area contributed by atoms with Gasteiger partial charge in [-0.25, -0.2) is 5.26 Å². The molecule has 20 heavy (non-hydrogen) atoms. The van der Waals surface area contributed by atoms with Crippen LogP contribution in [-0.4, -0.2) is 23.3 Å². The number of nitrogens with two attached hydrogens (primary N) is 1. The molecule has 0 bridgehead atoms. The standard InChI is InChI=1S/C10H9NO7S2/c11-7-1-2-9(20(14,15)16)6-3-5(19-18-17-13)4-8(12)10(6)7/h1-4,12-13H,11H2,(H,14,15,16). The molecule has 0 saturated heterocycles. The molecule has 0 saturated carbocycles. The summed E-state index contributed by atoms with van der Waals surface area (Å²) < 4.78 is 36.0. The van der Waals surface area contributed by atoms with Gasteiger partial charge in [0.1, 0.15) is 10.6 Å². The average molecular weight is 319 g/mol. The van der Waals surface area contributed by atoms with E-state index in [1.54, 1.807) is 0 Å². The molecule has 0 radical (unpaired) electrons. The smallest absolute Gasteiger partial charge is 0.295 e. The van der Waals surface area contributed by atoms with Crippen LogP contribution in [0.2, 0.25) is 0 Å². The van der Waals surface area contributed by atoms with Gasteiger partial charge in [-0.15, -0.1) is 4.33 Å². The Morgan fingerprint density at radius 3 is 2.55 bits per heavy atom. The Morgan fingerprint density at radius 1 is 1.25 bits per heavy atom. The molecule has 0 fully saturated rings. The van der Waals surface area contributed by atoms with Crippen molar-refractivity contribution in [2.45, 2.75) is 9.79 Å². The van der Waals surface area contributed by atoms with Crippen LogP contribution in [0.5, 0.6) is 5.75 Å². The number of benzene rings is 2. The Kier molecular flexibility index (Phi) is 4.04. The molecule has 8 nitrogen and oxygen atoms in total. The van der Waals surface area contributed by atoms with Crippen LogP contribution in [0.15, 0.2) is 34.1 Å². The summed E-state index contributed by atoms with van der Waals surface area (Å²) in [6.45, 7) is 0. The molecule has 0 aliphatic rings. The second kappa shape index (κ2) is 5.44. The van der Waals surface area contributed by atoms with Crippen LogP contribution in [0.25, 0.3) is 10.8 Å². The lowest BCUT2D eigenvalue weighted by atomic mass is 10.1. The molecule has 10 heteroatoms. The van der Waals surface area contributed by atoms with Gasteiger partial charge in [-0.05, 0) is 24.3 Å². The number of rotatable bonds is 4. The highest BCUT2D eigenvalue weighted by Crippen LogP contribution is 2.38. The molecule has 2 aromatic carbocycles. The first kappa shape index (κ1) is 14.8. The van der Waals surface area contributed by atoms with Gasteiger partial charge in [0.25, 0.3) is 10.1 Å². The minimum Gasteiger partial charge on any atom is -0.507 e. The molecule has 0 heterocycles. The second-order valence-corrected chi connectivity index (χ2v) is 5.88. The van der Waals surface area contributed by atoms with Crippen LogP contribution in [0.4, 0.5) is 5.69 Å². The van der Waals surface area contributed by atoms with Gasteiger partial charge in [-0.2, -0.15) is 8.42 Å². The number of anilines is 1. The molecule has 0 aliphatic heterocycles. The Morgan fingerprint density at radius 2 is 1.95 bits per heavy atom. The van der Waals surface area contributed by atoms with Gasteiger partial charge in [-0.3, -0.25) is 4.55 Å². The van der Waals surface area contributed by atoms with E-state index in [0.29, 0.717) is 12.0 Å². The average Bonchev–Trinajstić information content (AvgIpc) is 2.34. The summed E-state index contributed by atoms with van der Waals surface area (Å²) in [5.74, 6) is -0.311. The maximum Gasteiger partial charge on any atom is 0.295 e. The van der Waals surface area contributed by atoms with Crippen molar-refractivity contribution >= 4 is 38.6 Å². The quantitative estimate of drug-likeness (QED) is 0.218. The van der Waals surface area contributed by atoms with E-state index in [9.17, 15) is 18.1 Å². The molecule has 2 aromatic rings. The number of hydrogen-bond donors (Lipinski definition) is 4. The maximum atomic E-state index is 11.3. The predicted molar refractivity (Wildman–Crippen MR) is 70.5 cm³/mol. The predicted octanol–water partition coefficient (Wildman–Crippen LogP) is 1.80. The SMILES string of the molecule is Nc1ccc(S(=O)(=O)O)c2cc(SOOO)cc(O)c12. The first-order valence-corrected chi connectivity index (χ1v) is 7.20. The van der Waals surface area contributed by atoms with Gasteiger partial charge in [0.15, 0.2) is 0 Å². The Balaban J connectivity index is 2.77. The highest BCUT2D eigenvalue weighted by molar-refractivity contribution is 7.94. The minimum atomic E-state index is -4.50. The summed E-state index contributed by atoms with van der Waals surface area (Å²) in [5.41, 5.74) is 5.82. The Labute approximate surface area is 117 Å². The topological polar surface area (TPSA) is 139 Å². The van der Waals surface area contributed by atoms with Crippen molar-refractivity contribution in [2.75, 3.05) is 5.73 Å². The number of hydrogen-bond acceptors (Lipinski definition) is 8. The Hall–Kier alpha value is -1.56. The number of aromatic hydroxyl groups is 1. The molecular formula is C10H9NO7S2. The third-order valence-electron chi connectivity index (χ3n) is 2.50. The zero-order chi connectivity index (χ0) is 14.9. The second-order valence-electron chi connectivity index (χ2n) is 3.72. The third kappa shape index (κ3) is 2.80. The van der Waals surface area contributed by atoms with Crippen molar-refractivity contribution in [3.63, 3.8) is 0 Å². The molecule has 0 unspecified atom stereocenters. The van der Waals surface area contributed by atoms with Crippen molar-refractivity contribution < 1.29 is 32.7 Å². The molecule has 0 aliphatic carbocycles. The van der Waals surface area contributed by atoms with Crippen LogP contribution >= 0.6 is 12.0 Å². The number of phenolic OH excluding ortho intramolecular Hbond substituents is 1. The summed E-state index contributed by atoms with van der Waals surface area (Å²) in [7, 11) is -4.50. The zero-order valence-electron chi connectivity index (χ0n) is 9.68. The highest BCUT2D eigenvalue weighted by atomic mass is 32.2. The fourth-order valence-corrected chi connectivity index (χ4v) is 2.88. The van der Waals surface area contributed by atoms with E-state index < -0.39 is 15.0 Å². The lowest BCUT2D eigenvalue weighted by Crippen LogP contribution is -2.01.